The Morgan fingerprint density at radius 1 is 0.632 bits per heavy atom. The molecule has 2 aromatic heterocycles. The normalized spacial score (nSPS) is 17.3. The first-order chi connectivity index (χ1) is 27.0. The summed E-state index contributed by atoms with van der Waals surface area (Å²) in [6.07, 6.45) is 3.14. The van der Waals surface area contributed by atoms with Crippen LogP contribution in [0.2, 0.25) is 0 Å². The van der Waals surface area contributed by atoms with Gasteiger partial charge in [0.25, 0.3) is 0 Å². The van der Waals surface area contributed by atoms with Gasteiger partial charge in [-0.05, 0) is 58.4 Å². The van der Waals surface area contributed by atoms with Gasteiger partial charge in [-0.3, -0.25) is 9.59 Å². The Kier molecular flexibility index (Phi) is 12.1. The first-order valence-corrected chi connectivity index (χ1v) is 20.4. The Labute approximate surface area is 333 Å². The molecule has 0 fully saturated rings. The van der Waals surface area contributed by atoms with Crippen LogP contribution in [0.25, 0.3) is 0 Å². The van der Waals surface area contributed by atoms with Gasteiger partial charge in [-0.1, -0.05) is 79.7 Å². The zero-order valence-electron chi connectivity index (χ0n) is 32.9. The van der Waals surface area contributed by atoms with E-state index in [4.69, 9.17) is 36.6 Å². The van der Waals surface area contributed by atoms with Crippen molar-refractivity contribution in [2.24, 2.45) is 0 Å². The molecule has 0 saturated carbocycles. The number of nitrogens with zero attached hydrogens (tertiary/aromatic N) is 2. The minimum Gasteiger partial charge on any atom is -0.462 e. The number of ether oxygens (including phenoxy) is 2. The Hall–Kier alpha value is -5.32. The van der Waals surface area contributed by atoms with E-state index in [0.29, 0.717) is 11.5 Å². The molecule has 4 heterocycles. The molecule has 0 bridgehead atoms. The average Bonchev–Trinajstić information content (AvgIpc) is 3.16. The quantitative estimate of drug-likeness (QED) is 0.0754. The molecule has 4 aromatic rings. The second kappa shape index (κ2) is 16.6. The Bertz CT molecular complexity index is 2050. The summed E-state index contributed by atoms with van der Waals surface area (Å²) >= 11 is 0. The van der Waals surface area contributed by atoms with Crippen molar-refractivity contribution < 1.29 is 55.8 Å². The van der Waals surface area contributed by atoms with E-state index in [0.717, 1.165) is 22.3 Å². The molecule has 6 rings (SSSR count). The van der Waals surface area contributed by atoms with Crippen molar-refractivity contribution in [3.05, 3.63) is 106 Å². The van der Waals surface area contributed by atoms with E-state index in [2.05, 4.69) is 9.97 Å². The van der Waals surface area contributed by atoms with Crippen molar-refractivity contribution >= 4 is 41.1 Å². The molecule has 2 unspecified atom stereocenters. The number of pyridine rings is 2. The van der Waals surface area contributed by atoms with Gasteiger partial charge in [0, 0.05) is 35.4 Å². The number of rotatable bonds is 12. The highest BCUT2D eigenvalue weighted by molar-refractivity contribution is 7.43. The van der Waals surface area contributed by atoms with E-state index in [9.17, 15) is 19.2 Å². The van der Waals surface area contributed by atoms with Crippen molar-refractivity contribution in [3.63, 3.8) is 0 Å². The summed E-state index contributed by atoms with van der Waals surface area (Å²) < 4.78 is 45.9. The number of aromatic nitrogens is 2. The number of benzene rings is 2. The predicted molar refractivity (Wildman–Crippen MR) is 209 cm³/mol. The lowest BCUT2D eigenvalue weighted by Gasteiger charge is -2.34. The van der Waals surface area contributed by atoms with Crippen molar-refractivity contribution in [1.82, 2.24) is 9.97 Å². The van der Waals surface area contributed by atoms with E-state index >= 15 is 0 Å². The molecule has 14 nitrogen and oxygen atoms in total. The molecule has 0 amide bonds. The van der Waals surface area contributed by atoms with Gasteiger partial charge >= 0.3 is 41.1 Å². The maximum Gasteiger partial charge on any atom is 0.534 e. The van der Waals surface area contributed by atoms with Gasteiger partial charge < -0.3 is 36.6 Å². The summed E-state index contributed by atoms with van der Waals surface area (Å²) in [5.41, 5.74) is 1.41. The topological polar surface area (TPSA) is 168 Å². The van der Waals surface area contributed by atoms with Crippen LogP contribution in [-0.2, 0) is 44.4 Å². The second-order valence-corrected chi connectivity index (χ2v) is 17.5. The zero-order valence-corrected chi connectivity index (χ0v) is 34.7. The molecule has 0 N–H and O–H groups in total. The lowest BCUT2D eigenvalue weighted by atomic mass is 9.70. The van der Waals surface area contributed by atoms with Crippen LogP contribution in [0.1, 0.15) is 111 Å². The van der Waals surface area contributed by atoms with E-state index in [-0.39, 0.29) is 48.9 Å². The largest absolute Gasteiger partial charge is 0.534 e. The van der Waals surface area contributed by atoms with E-state index in [1.807, 2.05) is 72.7 Å². The zero-order chi connectivity index (χ0) is 41.1. The molecular weight excluding hydrogens is 774 g/mol. The van der Waals surface area contributed by atoms with E-state index < -0.39 is 57.3 Å². The summed E-state index contributed by atoms with van der Waals surface area (Å²) in [5, 5.41) is 0. The molecule has 2 atom stereocenters. The van der Waals surface area contributed by atoms with E-state index in [1.165, 1.54) is 12.4 Å². The van der Waals surface area contributed by atoms with Crippen LogP contribution in [0.5, 0.6) is 23.3 Å². The van der Waals surface area contributed by atoms with Crippen LogP contribution in [-0.4, -0.2) is 47.1 Å². The second-order valence-electron chi connectivity index (χ2n) is 15.5. The third kappa shape index (κ3) is 9.46. The molecule has 2 aromatic carbocycles. The SMILES string of the molecule is CCC(=O)OCCOC(=O)CC(C)(c1ccc(OP2OC(=O)c3cccnc3O2)c(C(C)(C)C)c1)c1ccc(OP2OC(=O)c3cccnc3O2)c(C(C)(C)C)c1. The van der Waals surface area contributed by atoms with Gasteiger partial charge in [0.15, 0.2) is 0 Å². The van der Waals surface area contributed by atoms with Gasteiger partial charge in [-0.15, -0.1) is 0 Å². The van der Waals surface area contributed by atoms with Crippen LogP contribution >= 0.6 is 17.2 Å². The van der Waals surface area contributed by atoms with Crippen LogP contribution < -0.4 is 18.1 Å². The molecular formula is C41H44N2O12P2. The predicted octanol–water partition coefficient (Wildman–Crippen LogP) is 8.97. The fraction of sp³-hybridized carbons (Fsp3) is 0.366. The highest BCUT2D eigenvalue weighted by Crippen LogP contribution is 2.51. The standard InChI is InChI=1S/C41H44N2O12P2/c1-9-33(44)48-20-21-49-34(45)24-41(8,25-14-16-31(29(22-25)39(2,3)4)50-56-52-35-27(37(46)54-56)12-10-18-42-35)26-15-17-32(30(23-26)40(5,6)7)51-57-53-36-28(38(47)55-57)13-11-19-43-36/h10-19,22-23H,9,20-21,24H2,1-8H3. The number of carbonyl (C=O) groups excluding carboxylic acids is 4. The van der Waals surface area contributed by atoms with Gasteiger partial charge in [0.05, 0.1) is 6.42 Å². The molecule has 57 heavy (non-hydrogen) atoms. The fourth-order valence-electron chi connectivity index (χ4n) is 6.09. The van der Waals surface area contributed by atoms with Gasteiger partial charge in [-0.25, -0.2) is 19.6 Å². The summed E-state index contributed by atoms with van der Waals surface area (Å²) in [5.74, 6) is -1.01. The number of fused-ring (bicyclic) bond motifs is 2. The van der Waals surface area contributed by atoms with Crippen molar-refractivity contribution in [2.75, 3.05) is 13.2 Å². The van der Waals surface area contributed by atoms with Crippen molar-refractivity contribution in [3.8, 4) is 23.3 Å². The Balaban J connectivity index is 1.36. The van der Waals surface area contributed by atoms with Crippen LogP contribution in [0.15, 0.2) is 73.1 Å². The molecule has 0 radical (unpaired) electrons. The van der Waals surface area contributed by atoms with Gasteiger partial charge in [0.1, 0.15) is 35.8 Å². The van der Waals surface area contributed by atoms with Crippen molar-refractivity contribution in [2.45, 2.75) is 84.5 Å². The maximum atomic E-state index is 13.7. The van der Waals surface area contributed by atoms with Gasteiger partial charge in [-0.2, -0.15) is 0 Å². The first-order valence-electron chi connectivity index (χ1n) is 18.2. The summed E-state index contributed by atoms with van der Waals surface area (Å²) in [6, 6.07) is 17.5. The Morgan fingerprint density at radius 2 is 1.07 bits per heavy atom. The first kappa shape index (κ1) is 41.3. The molecule has 2 aliphatic heterocycles. The van der Waals surface area contributed by atoms with Crippen LogP contribution in [0, 0.1) is 0 Å². The van der Waals surface area contributed by atoms with Gasteiger partial charge in [0.2, 0.25) is 11.8 Å². The fourth-order valence-corrected chi connectivity index (χ4v) is 7.99. The Morgan fingerprint density at radius 3 is 1.49 bits per heavy atom. The van der Waals surface area contributed by atoms with Crippen LogP contribution in [0.4, 0.5) is 0 Å². The lowest BCUT2D eigenvalue weighted by molar-refractivity contribution is -0.152. The maximum absolute atomic E-state index is 13.7. The minimum absolute atomic E-state index is 0.0687. The van der Waals surface area contributed by atoms with Crippen LogP contribution in [0.3, 0.4) is 0 Å². The molecule has 16 heteroatoms. The van der Waals surface area contributed by atoms with Crippen molar-refractivity contribution in [1.29, 1.82) is 0 Å². The monoisotopic (exact) mass is 818 g/mol. The summed E-state index contributed by atoms with van der Waals surface area (Å²) in [4.78, 5) is 59.1. The lowest BCUT2D eigenvalue weighted by Crippen LogP contribution is -2.30. The smallest absolute Gasteiger partial charge is 0.462 e. The molecule has 300 valence electrons. The number of hydrogen-bond acceptors (Lipinski definition) is 14. The average molecular weight is 819 g/mol. The summed E-state index contributed by atoms with van der Waals surface area (Å²) in [7, 11) is -4.35. The number of carbonyl (C=O) groups is 4. The summed E-state index contributed by atoms with van der Waals surface area (Å²) in [6.45, 7) is 15.5. The molecule has 0 spiro atoms. The molecule has 0 saturated heterocycles. The third-order valence-electron chi connectivity index (χ3n) is 9.21. The minimum atomic E-state index is -2.17. The van der Waals surface area contributed by atoms with E-state index in [1.54, 1.807) is 43.3 Å². The molecule has 0 aliphatic carbocycles. The molecule has 2 aliphatic rings. The third-order valence-corrected chi connectivity index (χ3v) is 11.2. The number of esters is 2. The highest BCUT2D eigenvalue weighted by Gasteiger charge is 2.39. The number of hydrogen-bond donors (Lipinski definition) is 0. The highest BCUT2D eigenvalue weighted by atomic mass is 31.2.